The van der Waals surface area contributed by atoms with Gasteiger partial charge in [-0.15, -0.1) is 11.3 Å². The summed E-state index contributed by atoms with van der Waals surface area (Å²) >= 11 is 1.21. The van der Waals surface area contributed by atoms with E-state index in [1.807, 2.05) is 19.1 Å². The van der Waals surface area contributed by atoms with Gasteiger partial charge in [0.15, 0.2) is 6.61 Å². The second kappa shape index (κ2) is 9.19. The molecular formula is C23H20FN3O4S. The predicted molar refractivity (Wildman–Crippen MR) is 119 cm³/mol. The molecule has 0 aliphatic heterocycles. The first kappa shape index (κ1) is 21.5. The summed E-state index contributed by atoms with van der Waals surface area (Å²) < 4.78 is 25.2. The van der Waals surface area contributed by atoms with Gasteiger partial charge in [-0.2, -0.15) is 5.10 Å². The van der Waals surface area contributed by atoms with E-state index in [0.29, 0.717) is 17.1 Å². The highest BCUT2D eigenvalue weighted by Crippen LogP contribution is 2.30. The Hall–Kier alpha value is -3.72. The topological polar surface area (TPSA) is 82.4 Å². The molecule has 4 rings (SSSR count). The molecule has 0 radical (unpaired) electrons. The molecule has 0 aliphatic carbocycles. The SMILES string of the molecule is COc1ccc(CNC(=O)COC(=O)c2cc3c(C)nn(-c4ccc(F)cc4)c3s2)cc1. The first-order valence-electron chi connectivity index (χ1n) is 9.76. The van der Waals surface area contributed by atoms with Crippen LogP contribution in [0.3, 0.4) is 0 Å². The third kappa shape index (κ3) is 4.62. The summed E-state index contributed by atoms with van der Waals surface area (Å²) in [7, 11) is 1.59. The Balaban J connectivity index is 1.38. The van der Waals surface area contributed by atoms with Crippen LogP contribution in [0.2, 0.25) is 0 Å². The van der Waals surface area contributed by atoms with Crippen LogP contribution in [0.5, 0.6) is 5.75 Å². The van der Waals surface area contributed by atoms with E-state index >= 15 is 0 Å². The number of carbonyl (C=O) groups is 2. The van der Waals surface area contributed by atoms with Crippen molar-refractivity contribution in [1.29, 1.82) is 0 Å². The van der Waals surface area contributed by atoms with Crippen molar-refractivity contribution in [2.75, 3.05) is 13.7 Å². The monoisotopic (exact) mass is 453 g/mol. The van der Waals surface area contributed by atoms with Crippen molar-refractivity contribution in [2.24, 2.45) is 0 Å². The largest absolute Gasteiger partial charge is 0.497 e. The maximum atomic E-state index is 13.2. The van der Waals surface area contributed by atoms with Crippen molar-refractivity contribution in [3.63, 3.8) is 0 Å². The highest BCUT2D eigenvalue weighted by atomic mass is 32.1. The van der Waals surface area contributed by atoms with Gasteiger partial charge in [0.1, 0.15) is 21.3 Å². The number of carbonyl (C=O) groups excluding carboxylic acids is 2. The molecule has 0 saturated heterocycles. The molecule has 2 aromatic heterocycles. The number of nitrogens with zero attached hydrogens (tertiary/aromatic N) is 2. The van der Waals surface area contributed by atoms with Crippen LogP contribution >= 0.6 is 11.3 Å². The molecule has 2 aromatic carbocycles. The fourth-order valence-electron chi connectivity index (χ4n) is 3.10. The summed E-state index contributed by atoms with van der Waals surface area (Å²) in [5, 5.41) is 7.98. The number of amides is 1. The van der Waals surface area contributed by atoms with Crippen molar-refractivity contribution in [1.82, 2.24) is 15.1 Å². The van der Waals surface area contributed by atoms with Gasteiger partial charge in [-0.05, 0) is 55.0 Å². The summed E-state index contributed by atoms with van der Waals surface area (Å²) in [5.74, 6) is -0.593. The number of thiophene rings is 1. The van der Waals surface area contributed by atoms with E-state index in [0.717, 1.165) is 27.2 Å². The van der Waals surface area contributed by atoms with Crippen LogP contribution in [0.4, 0.5) is 4.39 Å². The Morgan fingerprint density at radius 2 is 1.84 bits per heavy atom. The molecule has 4 aromatic rings. The fourth-order valence-corrected chi connectivity index (χ4v) is 4.18. The molecule has 7 nitrogen and oxygen atoms in total. The van der Waals surface area contributed by atoms with E-state index in [1.165, 1.54) is 23.5 Å². The average molecular weight is 453 g/mol. The van der Waals surface area contributed by atoms with Gasteiger partial charge >= 0.3 is 5.97 Å². The van der Waals surface area contributed by atoms with Gasteiger partial charge in [0.2, 0.25) is 0 Å². The number of benzene rings is 2. The highest BCUT2D eigenvalue weighted by molar-refractivity contribution is 7.20. The van der Waals surface area contributed by atoms with Gasteiger partial charge < -0.3 is 14.8 Å². The standard InChI is InChI=1S/C23H20FN3O4S/c1-14-19-11-20(32-22(19)27(26-14)17-7-5-16(24)6-8-17)23(29)31-13-21(28)25-12-15-3-9-18(30-2)10-4-15/h3-11H,12-13H2,1-2H3,(H,25,28). The van der Waals surface area contributed by atoms with Crippen LogP contribution in [0, 0.1) is 12.7 Å². The minimum Gasteiger partial charge on any atom is -0.497 e. The highest BCUT2D eigenvalue weighted by Gasteiger charge is 2.19. The quantitative estimate of drug-likeness (QED) is 0.428. The zero-order valence-corrected chi connectivity index (χ0v) is 18.2. The lowest BCUT2D eigenvalue weighted by Gasteiger charge is -2.07. The molecule has 9 heteroatoms. The Labute approximate surface area is 187 Å². The Morgan fingerprint density at radius 3 is 2.53 bits per heavy atom. The molecule has 0 saturated carbocycles. The molecule has 1 amide bonds. The lowest BCUT2D eigenvalue weighted by atomic mass is 10.2. The van der Waals surface area contributed by atoms with Crippen LogP contribution in [0.1, 0.15) is 20.9 Å². The van der Waals surface area contributed by atoms with Crippen LogP contribution in [-0.2, 0) is 16.1 Å². The van der Waals surface area contributed by atoms with E-state index < -0.39 is 11.9 Å². The summed E-state index contributed by atoms with van der Waals surface area (Å²) in [5.41, 5.74) is 2.32. The predicted octanol–water partition coefficient (Wildman–Crippen LogP) is 4.02. The van der Waals surface area contributed by atoms with Gasteiger partial charge in [-0.25, -0.2) is 13.9 Å². The number of fused-ring (bicyclic) bond motifs is 1. The Morgan fingerprint density at radius 1 is 1.12 bits per heavy atom. The minimum absolute atomic E-state index is 0.315. The minimum atomic E-state index is -0.587. The normalized spacial score (nSPS) is 10.8. The van der Waals surface area contributed by atoms with Gasteiger partial charge in [0, 0.05) is 11.9 Å². The van der Waals surface area contributed by atoms with Crippen LogP contribution in [-0.4, -0.2) is 35.4 Å². The van der Waals surface area contributed by atoms with Crippen molar-refractivity contribution in [3.8, 4) is 11.4 Å². The molecule has 0 atom stereocenters. The number of hydrogen-bond acceptors (Lipinski definition) is 6. The second-order valence-electron chi connectivity index (χ2n) is 7.00. The molecule has 2 heterocycles. The number of esters is 1. The number of ether oxygens (including phenoxy) is 2. The summed E-state index contributed by atoms with van der Waals surface area (Å²) in [4.78, 5) is 25.6. The van der Waals surface area contributed by atoms with Gasteiger partial charge in [-0.3, -0.25) is 4.79 Å². The lowest BCUT2D eigenvalue weighted by molar-refractivity contribution is -0.124. The molecule has 0 spiro atoms. The number of nitrogens with one attached hydrogen (secondary N) is 1. The Kier molecular flexibility index (Phi) is 6.18. The molecule has 1 N–H and O–H groups in total. The van der Waals surface area contributed by atoms with E-state index in [9.17, 15) is 14.0 Å². The summed E-state index contributed by atoms with van der Waals surface area (Å²) in [6.45, 7) is 1.76. The molecule has 0 aliphatic rings. The smallest absolute Gasteiger partial charge is 0.348 e. The fraction of sp³-hybridized carbons (Fsp3) is 0.174. The van der Waals surface area contributed by atoms with Crippen molar-refractivity contribution >= 4 is 33.4 Å². The van der Waals surface area contributed by atoms with E-state index in [4.69, 9.17) is 9.47 Å². The molecule has 32 heavy (non-hydrogen) atoms. The van der Waals surface area contributed by atoms with Crippen LogP contribution in [0.25, 0.3) is 15.9 Å². The summed E-state index contributed by atoms with van der Waals surface area (Å²) in [6.07, 6.45) is 0. The van der Waals surface area contributed by atoms with Crippen molar-refractivity contribution < 1.29 is 23.5 Å². The zero-order valence-electron chi connectivity index (χ0n) is 17.4. The van der Waals surface area contributed by atoms with Gasteiger partial charge in [-0.1, -0.05) is 12.1 Å². The number of methoxy groups -OCH3 is 1. The van der Waals surface area contributed by atoms with E-state index in [2.05, 4.69) is 10.4 Å². The number of rotatable bonds is 7. The van der Waals surface area contributed by atoms with E-state index in [-0.39, 0.29) is 12.4 Å². The third-order valence-electron chi connectivity index (χ3n) is 4.80. The number of aromatic nitrogens is 2. The second-order valence-corrected chi connectivity index (χ2v) is 8.03. The average Bonchev–Trinajstić information content (AvgIpc) is 3.37. The molecule has 0 fully saturated rings. The molecular weight excluding hydrogens is 433 g/mol. The van der Waals surface area contributed by atoms with Gasteiger partial charge in [0.05, 0.1) is 18.5 Å². The third-order valence-corrected chi connectivity index (χ3v) is 5.89. The first-order chi connectivity index (χ1) is 15.4. The number of halogens is 1. The van der Waals surface area contributed by atoms with Crippen LogP contribution < -0.4 is 10.1 Å². The lowest BCUT2D eigenvalue weighted by Crippen LogP contribution is -2.28. The first-order valence-corrected chi connectivity index (χ1v) is 10.6. The number of hydrogen-bond donors (Lipinski definition) is 1. The maximum Gasteiger partial charge on any atom is 0.348 e. The molecule has 0 unspecified atom stereocenters. The number of aryl methyl sites for hydroxylation is 1. The van der Waals surface area contributed by atoms with Crippen LogP contribution in [0.15, 0.2) is 54.6 Å². The zero-order chi connectivity index (χ0) is 22.7. The molecule has 164 valence electrons. The summed E-state index contributed by atoms with van der Waals surface area (Å²) in [6, 6.07) is 14.9. The van der Waals surface area contributed by atoms with E-state index in [1.54, 1.807) is 42.1 Å². The van der Waals surface area contributed by atoms with Crippen molar-refractivity contribution in [3.05, 3.63) is 76.5 Å². The molecule has 0 bridgehead atoms. The Bertz CT molecular complexity index is 1260. The van der Waals surface area contributed by atoms with Crippen molar-refractivity contribution in [2.45, 2.75) is 13.5 Å². The maximum absolute atomic E-state index is 13.2. The van der Waals surface area contributed by atoms with Gasteiger partial charge in [0.25, 0.3) is 5.91 Å².